The lowest BCUT2D eigenvalue weighted by Gasteiger charge is -2.03. The van der Waals surface area contributed by atoms with E-state index in [2.05, 4.69) is 62.4 Å². The van der Waals surface area contributed by atoms with Gasteiger partial charge in [0.25, 0.3) is 0 Å². The molecule has 0 saturated heterocycles. The van der Waals surface area contributed by atoms with Crippen LogP contribution in [0, 0.1) is 13.8 Å². The highest BCUT2D eigenvalue weighted by Gasteiger charge is 2.44. The van der Waals surface area contributed by atoms with Crippen LogP contribution in [-0.2, 0) is 0 Å². The van der Waals surface area contributed by atoms with Gasteiger partial charge in [-0.15, -0.1) is 0 Å². The lowest BCUT2D eigenvalue weighted by molar-refractivity contribution is 1.04. The molecule has 18 heavy (non-hydrogen) atoms. The van der Waals surface area contributed by atoms with Crippen molar-refractivity contribution in [3.63, 3.8) is 0 Å². The summed E-state index contributed by atoms with van der Waals surface area (Å²) in [6.07, 6.45) is 0. The smallest absolute Gasteiger partial charge is 0.0619 e. The van der Waals surface area contributed by atoms with Crippen LogP contribution in [0.15, 0.2) is 48.5 Å². The molecule has 1 aliphatic rings. The monoisotopic (exact) mass is 231 g/mol. The molecular formula is C18H15+. The zero-order valence-electron chi connectivity index (χ0n) is 10.7. The first-order valence-electron chi connectivity index (χ1n) is 6.52. The van der Waals surface area contributed by atoms with Gasteiger partial charge in [-0.1, -0.05) is 48.5 Å². The Kier molecular flexibility index (Phi) is 1.83. The van der Waals surface area contributed by atoms with E-state index in [4.69, 9.17) is 0 Å². The first kappa shape index (κ1) is 10.0. The molecular weight excluding hydrogens is 216 g/mol. The third kappa shape index (κ3) is 1.13. The van der Waals surface area contributed by atoms with Gasteiger partial charge in [0.2, 0.25) is 0 Å². The predicted molar refractivity (Wildman–Crippen MR) is 75.5 cm³/mol. The van der Waals surface area contributed by atoms with Gasteiger partial charge in [0, 0.05) is 13.8 Å². The molecule has 0 saturated carbocycles. The minimum atomic E-state index is 0.484. The summed E-state index contributed by atoms with van der Waals surface area (Å²) < 4.78 is 0. The van der Waals surface area contributed by atoms with Crippen molar-refractivity contribution < 1.29 is 0 Å². The van der Waals surface area contributed by atoms with E-state index in [9.17, 15) is 0 Å². The van der Waals surface area contributed by atoms with E-state index in [1.165, 1.54) is 33.4 Å². The summed E-state index contributed by atoms with van der Waals surface area (Å²) in [6.45, 7) is 4.49. The normalized spacial score (nSPS) is 13.9. The number of hydrogen-bond donors (Lipinski definition) is 0. The molecule has 3 aromatic rings. The van der Waals surface area contributed by atoms with Gasteiger partial charge in [-0.2, -0.15) is 0 Å². The summed E-state index contributed by atoms with van der Waals surface area (Å²) in [6, 6.07) is 17.7. The molecule has 86 valence electrons. The summed E-state index contributed by atoms with van der Waals surface area (Å²) in [4.78, 5) is 0. The first-order valence-corrected chi connectivity index (χ1v) is 6.52. The van der Waals surface area contributed by atoms with E-state index in [1.54, 1.807) is 5.56 Å². The van der Waals surface area contributed by atoms with Crippen molar-refractivity contribution in [2.24, 2.45) is 0 Å². The summed E-state index contributed by atoms with van der Waals surface area (Å²) in [5, 5.41) is 0. The third-order valence-corrected chi connectivity index (χ3v) is 4.43. The summed E-state index contributed by atoms with van der Waals surface area (Å²) in [7, 11) is 0. The van der Waals surface area contributed by atoms with E-state index in [1.807, 2.05) is 0 Å². The Bertz CT molecular complexity index is 655. The maximum Gasteiger partial charge on any atom is 0.178 e. The second kappa shape index (κ2) is 3.29. The lowest BCUT2D eigenvalue weighted by atomic mass is 9.94. The van der Waals surface area contributed by atoms with Crippen molar-refractivity contribution in [3.05, 3.63) is 76.3 Å². The van der Waals surface area contributed by atoms with Gasteiger partial charge in [0.1, 0.15) is 5.92 Å². The van der Waals surface area contributed by atoms with E-state index < -0.39 is 0 Å². The van der Waals surface area contributed by atoms with Crippen LogP contribution in [0.25, 0.3) is 11.1 Å². The minimum absolute atomic E-state index is 0.484. The molecule has 0 heterocycles. The van der Waals surface area contributed by atoms with Crippen LogP contribution in [0.2, 0.25) is 0 Å². The Morgan fingerprint density at radius 3 is 1.72 bits per heavy atom. The van der Waals surface area contributed by atoms with Gasteiger partial charge in [-0.3, -0.25) is 0 Å². The SMILES string of the molecule is Cc1c(C2c3ccccc3-c3ccccc32)[c+]1C. The fraction of sp³-hybridized carbons (Fsp3) is 0.167. The molecule has 0 heteroatoms. The van der Waals surface area contributed by atoms with Crippen molar-refractivity contribution in [3.8, 4) is 11.1 Å². The molecule has 0 radical (unpaired) electrons. The van der Waals surface area contributed by atoms with E-state index in [0.29, 0.717) is 5.92 Å². The highest BCUT2D eigenvalue weighted by molar-refractivity contribution is 5.82. The molecule has 0 atom stereocenters. The largest absolute Gasteiger partial charge is 0.178 e. The predicted octanol–water partition coefficient (Wildman–Crippen LogP) is 4.62. The maximum absolute atomic E-state index is 2.28. The Morgan fingerprint density at radius 1 is 0.833 bits per heavy atom. The summed E-state index contributed by atoms with van der Waals surface area (Å²) in [5.41, 5.74) is 10.4. The van der Waals surface area contributed by atoms with Gasteiger partial charge in [-0.05, 0) is 22.3 Å². The number of hydrogen-bond acceptors (Lipinski definition) is 0. The van der Waals surface area contributed by atoms with Crippen molar-refractivity contribution >= 4 is 0 Å². The third-order valence-electron chi connectivity index (χ3n) is 4.43. The van der Waals surface area contributed by atoms with E-state index in [0.717, 1.165) is 0 Å². The number of fused-ring (bicyclic) bond motifs is 3. The Hall–Kier alpha value is -1.95. The molecule has 1 aliphatic carbocycles. The van der Waals surface area contributed by atoms with Crippen LogP contribution >= 0.6 is 0 Å². The van der Waals surface area contributed by atoms with Crippen LogP contribution in [0.3, 0.4) is 0 Å². The second-order valence-electron chi connectivity index (χ2n) is 5.27. The van der Waals surface area contributed by atoms with Crippen molar-refractivity contribution in [2.75, 3.05) is 0 Å². The lowest BCUT2D eigenvalue weighted by Crippen LogP contribution is -1.94. The van der Waals surface area contributed by atoms with Crippen LogP contribution in [0.4, 0.5) is 0 Å². The molecule has 0 N–H and O–H groups in total. The van der Waals surface area contributed by atoms with E-state index in [-0.39, 0.29) is 0 Å². The van der Waals surface area contributed by atoms with Gasteiger partial charge in [-0.25, -0.2) is 0 Å². The summed E-state index contributed by atoms with van der Waals surface area (Å²) >= 11 is 0. The minimum Gasteiger partial charge on any atom is -0.0619 e. The average Bonchev–Trinajstić information content (AvgIpc) is 2.88. The Labute approximate surface area is 108 Å². The molecule has 0 bridgehead atoms. The molecule has 0 spiro atoms. The van der Waals surface area contributed by atoms with Gasteiger partial charge in [0.05, 0.1) is 0 Å². The zero-order chi connectivity index (χ0) is 12.3. The molecule has 0 nitrogen and oxygen atoms in total. The van der Waals surface area contributed by atoms with Crippen molar-refractivity contribution in [1.82, 2.24) is 0 Å². The highest BCUT2D eigenvalue weighted by Crippen LogP contribution is 2.52. The quantitative estimate of drug-likeness (QED) is 0.419. The molecule has 0 aliphatic heterocycles. The van der Waals surface area contributed by atoms with Gasteiger partial charge in [0.15, 0.2) is 16.7 Å². The Morgan fingerprint density at radius 2 is 1.28 bits per heavy atom. The fourth-order valence-electron chi connectivity index (χ4n) is 3.33. The summed E-state index contributed by atoms with van der Waals surface area (Å²) in [5.74, 6) is 0.484. The van der Waals surface area contributed by atoms with Crippen LogP contribution < -0.4 is 0 Å². The van der Waals surface area contributed by atoms with Gasteiger partial charge >= 0.3 is 0 Å². The van der Waals surface area contributed by atoms with Crippen molar-refractivity contribution in [1.29, 1.82) is 0 Å². The molecule has 4 rings (SSSR count). The average molecular weight is 231 g/mol. The molecule has 0 aromatic heterocycles. The molecule has 0 unspecified atom stereocenters. The van der Waals surface area contributed by atoms with Crippen molar-refractivity contribution in [2.45, 2.75) is 19.8 Å². The standard InChI is InChI=1S/C18H15/c1-11-12(2)17(11)18-15-9-5-3-7-13(15)14-8-4-6-10-16(14)18/h3-10,18H,1-2H3/q+1. The molecule has 3 aromatic carbocycles. The topological polar surface area (TPSA) is 0 Å². The number of rotatable bonds is 1. The zero-order valence-corrected chi connectivity index (χ0v) is 10.7. The van der Waals surface area contributed by atoms with Crippen LogP contribution in [-0.4, -0.2) is 0 Å². The van der Waals surface area contributed by atoms with Crippen LogP contribution in [0.5, 0.6) is 0 Å². The van der Waals surface area contributed by atoms with Crippen LogP contribution in [0.1, 0.15) is 33.7 Å². The second-order valence-corrected chi connectivity index (χ2v) is 5.27. The fourth-order valence-corrected chi connectivity index (χ4v) is 3.33. The number of benzene rings is 2. The highest BCUT2D eigenvalue weighted by atomic mass is 14.4. The Balaban J connectivity index is 2.02. The molecule has 0 amide bonds. The maximum atomic E-state index is 2.28. The molecule has 0 fully saturated rings. The van der Waals surface area contributed by atoms with Gasteiger partial charge < -0.3 is 0 Å². The van der Waals surface area contributed by atoms with E-state index >= 15 is 0 Å². The first-order chi connectivity index (χ1) is 8.79.